The first-order valence-electron chi connectivity index (χ1n) is 7.76. The zero-order valence-corrected chi connectivity index (χ0v) is 14.9. The van der Waals surface area contributed by atoms with E-state index in [0.29, 0.717) is 5.69 Å². The molecule has 0 bridgehead atoms. The Kier molecular flexibility index (Phi) is 6.04. The van der Waals surface area contributed by atoms with Crippen LogP contribution in [0.5, 0.6) is 0 Å². The van der Waals surface area contributed by atoms with Crippen molar-refractivity contribution in [3.05, 3.63) is 53.2 Å². The van der Waals surface area contributed by atoms with Crippen LogP contribution in [0, 0.1) is 0 Å². The SMILES string of the molecule is CC(C)(C)OC(=O)Nc1ccc(NCCc2cccc(Cl)c2)nc1. The number of nitrogens with one attached hydrogen (secondary N) is 2. The van der Waals surface area contributed by atoms with Crippen LogP contribution < -0.4 is 10.6 Å². The highest BCUT2D eigenvalue weighted by Gasteiger charge is 2.16. The van der Waals surface area contributed by atoms with Crippen LogP contribution in [0.4, 0.5) is 16.3 Å². The highest BCUT2D eigenvalue weighted by Crippen LogP contribution is 2.14. The number of anilines is 2. The second kappa shape index (κ2) is 8.02. The van der Waals surface area contributed by atoms with Gasteiger partial charge in [0, 0.05) is 11.6 Å². The third-order valence-corrected chi connectivity index (χ3v) is 3.25. The van der Waals surface area contributed by atoms with Crippen molar-refractivity contribution in [3.63, 3.8) is 0 Å². The molecule has 0 aliphatic carbocycles. The number of carbonyl (C=O) groups is 1. The first-order chi connectivity index (χ1) is 11.3. The number of nitrogens with zero attached hydrogens (tertiary/aromatic N) is 1. The Hall–Kier alpha value is -2.27. The van der Waals surface area contributed by atoms with Crippen molar-refractivity contribution in [1.82, 2.24) is 4.98 Å². The molecule has 1 aromatic carbocycles. The molecule has 128 valence electrons. The number of rotatable bonds is 5. The predicted molar refractivity (Wildman–Crippen MR) is 97.7 cm³/mol. The van der Waals surface area contributed by atoms with E-state index in [-0.39, 0.29) is 0 Å². The molecule has 0 aliphatic heterocycles. The van der Waals surface area contributed by atoms with Crippen molar-refractivity contribution in [3.8, 4) is 0 Å². The molecular formula is C18H22ClN3O2. The molecule has 0 unspecified atom stereocenters. The summed E-state index contributed by atoms with van der Waals surface area (Å²) in [6.45, 7) is 6.19. The van der Waals surface area contributed by atoms with Crippen molar-refractivity contribution < 1.29 is 9.53 Å². The Morgan fingerprint density at radius 1 is 1.25 bits per heavy atom. The lowest BCUT2D eigenvalue weighted by Crippen LogP contribution is -2.27. The molecule has 0 saturated heterocycles. The molecule has 2 aromatic rings. The summed E-state index contributed by atoms with van der Waals surface area (Å²) in [4.78, 5) is 16.0. The van der Waals surface area contributed by atoms with Crippen LogP contribution in [0.15, 0.2) is 42.6 Å². The van der Waals surface area contributed by atoms with Crippen molar-refractivity contribution in [2.45, 2.75) is 32.8 Å². The monoisotopic (exact) mass is 347 g/mol. The molecule has 0 fully saturated rings. The maximum Gasteiger partial charge on any atom is 0.412 e. The Morgan fingerprint density at radius 2 is 2.04 bits per heavy atom. The van der Waals surface area contributed by atoms with Crippen LogP contribution in [-0.2, 0) is 11.2 Å². The second-order valence-corrected chi connectivity index (χ2v) is 6.80. The van der Waals surface area contributed by atoms with Crippen molar-refractivity contribution in [2.75, 3.05) is 17.2 Å². The highest BCUT2D eigenvalue weighted by atomic mass is 35.5. The van der Waals surface area contributed by atoms with Gasteiger partial charge in [-0.25, -0.2) is 9.78 Å². The molecule has 1 amide bonds. The molecule has 2 N–H and O–H groups in total. The average molecular weight is 348 g/mol. The topological polar surface area (TPSA) is 63.2 Å². The van der Waals surface area contributed by atoms with Gasteiger partial charge in [-0.2, -0.15) is 0 Å². The Bertz CT molecular complexity index is 681. The summed E-state index contributed by atoms with van der Waals surface area (Å²) in [5.41, 5.74) is 1.22. The average Bonchev–Trinajstić information content (AvgIpc) is 2.47. The minimum atomic E-state index is -0.528. The minimum absolute atomic E-state index is 0.494. The molecule has 1 aromatic heterocycles. The molecular weight excluding hydrogens is 326 g/mol. The maximum atomic E-state index is 11.7. The zero-order valence-electron chi connectivity index (χ0n) is 14.1. The van der Waals surface area contributed by atoms with Gasteiger partial charge in [-0.15, -0.1) is 0 Å². The van der Waals surface area contributed by atoms with Crippen molar-refractivity contribution in [1.29, 1.82) is 0 Å². The van der Waals surface area contributed by atoms with Crippen molar-refractivity contribution in [2.24, 2.45) is 0 Å². The summed E-state index contributed by atoms with van der Waals surface area (Å²) in [5.74, 6) is 0.742. The Morgan fingerprint density at radius 3 is 2.67 bits per heavy atom. The number of hydrogen-bond donors (Lipinski definition) is 2. The maximum absolute atomic E-state index is 11.7. The number of aromatic nitrogens is 1. The normalized spacial score (nSPS) is 11.0. The fourth-order valence-corrected chi connectivity index (χ4v) is 2.23. The standard InChI is InChI=1S/C18H22ClN3O2/c1-18(2,3)24-17(23)22-15-7-8-16(21-12-15)20-10-9-13-5-4-6-14(19)11-13/h4-8,11-12H,9-10H2,1-3H3,(H,20,21)(H,22,23). The number of amides is 1. The van der Waals surface area contributed by atoms with Gasteiger partial charge in [0.1, 0.15) is 11.4 Å². The molecule has 0 spiro atoms. The first kappa shape index (κ1) is 18.1. The van der Waals surface area contributed by atoms with E-state index in [9.17, 15) is 4.79 Å². The fourth-order valence-electron chi connectivity index (χ4n) is 2.02. The van der Waals surface area contributed by atoms with Crippen LogP contribution in [0.1, 0.15) is 26.3 Å². The van der Waals surface area contributed by atoms with Crippen LogP contribution in [0.2, 0.25) is 5.02 Å². The number of halogens is 1. The Balaban J connectivity index is 1.80. The smallest absolute Gasteiger partial charge is 0.412 e. The summed E-state index contributed by atoms with van der Waals surface area (Å²) < 4.78 is 5.19. The molecule has 2 rings (SSSR count). The molecule has 1 heterocycles. The van der Waals surface area contributed by atoms with Gasteiger partial charge in [-0.3, -0.25) is 5.32 Å². The van der Waals surface area contributed by atoms with Gasteiger partial charge in [0.2, 0.25) is 0 Å². The van der Waals surface area contributed by atoms with E-state index < -0.39 is 11.7 Å². The van der Waals surface area contributed by atoms with Crippen LogP contribution >= 0.6 is 11.6 Å². The van der Waals surface area contributed by atoms with E-state index in [1.807, 2.05) is 51.1 Å². The quantitative estimate of drug-likeness (QED) is 0.820. The zero-order chi connectivity index (χ0) is 17.6. The summed E-state index contributed by atoms with van der Waals surface area (Å²) >= 11 is 5.96. The minimum Gasteiger partial charge on any atom is -0.444 e. The summed E-state index contributed by atoms with van der Waals surface area (Å²) in [5, 5.41) is 6.62. The lowest BCUT2D eigenvalue weighted by atomic mass is 10.1. The molecule has 5 nitrogen and oxygen atoms in total. The Labute approximate surface area is 147 Å². The number of pyridine rings is 1. The number of carbonyl (C=O) groups excluding carboxylic acids is 1. The van der Waals surface area contributed by atoms with Crippen molar-refractivity contribution >= 4 is 29.2 Å². The third kappa shape index (κ3) is 6.46. The second-order valence-electron chi connectivity index (χ2n) is 6.37. The molecule has 0 aliphatic rings. The third-order valence-electron chi connectivity index (χ3n) is 3.02. The lowest BCUT2D eigenvalue weighted by molar-refractivity contribution is 0.0636. The van der Waals surface area contributed by atoms with Crippen LogP contribution in [0.3, 0.4) is 0 Å². The van der Waals surface area contributed by atoms with Gasteiger partial charge in [0.25, 0.3) is 0 Å². The lowest BCUT2D eigenvalue weighted by Gasteiger charge is -2.19. The van der Waals surface area contributed by atoms with E-state index in [4.69, 9.17) is 16.3 Å². The molecule has 24 heavy (non-hydrogen) atoms. The van der Waals surface area contributed by atoms with Crippen LogP contribution in [0.25, 0.3) is 0 Å². The van der Waals surface area contributed by atoms with Gasteiger partial charge in [0.15, 0.2) is 0 Å². The molecule has 0 saturated carbocycles. The van der Waals surface area contributed by atoms with Gasteiger partial charge in [-0.05, 0) is 57.0 Å². The highest BCUT2D eigenvalue weighted by molar-refractivity contribution is 6.30. The van der Waals surface area contributed by atoms with Gasteiger partial charge in [0.05, 0.1) is 11.9 Å². The van der Waals surface area contributed by atoms with Gasteiger partial charge < -0.3 is 10.1 Å². The predicted octanol–water partition coefficient (Wildman–Crippen LogP) is 4.74. The number of benzene rings is 1. The molecule has 0 atom stereocenters. The number of hydrogen-bond acceptors (Lipinski definition) is 4. The van der Waals surface area contributed by atoms with E-state index in [1.54, 1.807) is 12.3 Å². The van der Waals surface area contributed by atoms with E-state index >= 15 is 0 Å². The van der Waals surface area contributed by atoms with Crippen LogP contribution in [-0.4, -0.2) is 23.2 Å². The first-order valence-corrected chi connectivity index (χ1v) is 8.14. The largest absolute Gasteiger partial charge is 0.444 e. The summed E-state index contributed by atoms with van der Waals surface area (Å²) in [6.07, 6.45) is 1.94. The fraction of sp³-hybridized carbons (Fsp3) is 0.333. The number of ether oxygens (including phenoxy) is 1. The van der Waals surface area contributed by atoms with E-state index in [2.05, 4.69) is 15.6 Å². The summed E-state index contributed by atoms with van der Waals surface area (Å²) in [7, 11) is 0. The molecule has 6 heteroatoms. The van der Waals surface area contributed by atoms with Gasteiger partial charge >= 0.3 is 6.09 Å². The van der Waals surface area contributed by atoms with E-state index in [0.717, 1.165) is 23.8 Å². The van der Waals surface area contributed by atoms with Gasteiger partial charge in [-0.1, -0.05) is 23.7 Å². The van der Waals surface area contributed by atoms with E-state index in [1.165, 1.54) is 5.56 Å². The molecule has 0 radical (unpaired) electrons. The summed E-state index contributed by atoms with van der Waals surface area (Å²) in [6, 6.07) is 11.4.